The molecule has 0 aliphatic heterocycles. The number of hydrogen-bond acceptors (Lipinski definition) is 5. The van der Waals surface area contributed by atoms with Crippen LogP contribution < -0.4 is 21.7 Å². The van der Waals surface area contributed by atoms with Gasteiger partial charge < -0.3 is 5.32 Å². The molecule has 0 aliphatic rings. The van der Waals surface area contributed by atoms with Gasteiger partial charge in [0.15, 0.2) is 5.69 Å². The first-order chi connectivity index (χ1) is 15.6. The predicted molar refractivity (Wildman–Crippen MR) is 125 cm³/mol. The maximum Gasteiger partial charge on any atom is 0.290 e. The summed E-state index contributed by atoms with van der Waals surface area (Å²) in [5.41, 5.74) is 4.76. The molecule has 1 aromatic heterocycles. The van der Waals surface area contributed by atoms with Crippen LogP contribution in [0.15, 0.2) is 53.3 Å². The Morgan fingerprint density at radius 3 is 1.97 bits per heavy atom. The molecule has 0 aliphatic carbocycles. The van der Waals surface area contributed by atoms with Gasteiger partial charge in [-0.05, 0) is 57.5 Å². The number of rotatable bonds is 5. The quantitative estimate of drug-likeness (QED) is 0.517. The zero-order valence-electron chi connectivity index (χ0n) is 19.1. The first kappa shape index (κ1) is 23.6. The first-order valence-electron chi connectivity index (χ1n) is 10.6. The number of carbonyl (C=O) groups is 3. The Hall–Kier alpha value is -4.01. The van der Waals surface area contributed by atoms with Crippen molar-refractivity contribution in [3.63, 3.8) is 0 Å². The maximum absolute atomic E-state index is 12.8. The molecule has 0 atom stereocenters. The Kier molecular flexibility index (Phi) is 6.91. The zero-order valence-corrected chi connectivity index (χ0v) is 19.1. The molecule has 2 aromatic carbocycles. The number of carbonyl (C=O) groups excluding carboxylic acids is 3. The molecule has 33 heavy (non-hydrogen) atoms. The average Bonchev–Trinajstić information content (AvgIpc) is 2.78. The minimum Gasteiger partial charge on any atom is -0.347 e. The second kappa shape index (κ2) is 9.64. The van der Waals surface area contributed by atoms with Crippen molar-refractivity contribution in [2.45, 2.75) is 46.2 Å². The number of benzene rings is 2. The fraction of sp³-hybridized carbons (Fsp3) is 0.292. The van der Waals surface area contributed by atoms with Crippen LogP contribution in [0.4, 0.5) is 0 Å². The van der Waals surface area contributed by atoms with Crippen LogP contribution in [-0.4, -0.2) is 33.0 Å². The van der Waals surface area contributed by atoms with E-state index in [2.05, 4.69) is 21.3 Å². The fourth-order valence-electron chi connectivity index (χ4n) is 3.20. The SMILES string of the molecule is CCCn1nc(C(=O)NNC(=O)c2ccc(C(=O)NC(C)(C)C)cc2)c2ccccc2c1=O. The van der Waals surface area contributed by atoms with Crippen LogP contribution in [-0.2, 0) is 6.54 Å². The number of fused-ring (bicyclic) bond motifs is 1. The molecule has 0 unspecified atom stereocenters. The minimum absolute atomic E-state index is 0.0353. The number of hydrazine groups is 1. The van der Waals surface area contributed by atoms with Gasteiger partial charge in [-0.15, -0.1) is 0 Å². The van der Waals surface area contributed by atoms with E-state index in [9.17, 15) is 19.2 Å². The van der Waals surface area contributed by atoms with Gasteiger partial charge in [-0.3, -0.25) is 30.0 Å². The van der Waals surface area contributed by atoms with Gasteiger partial charge in [-0.25, -0.2) is 4.68 Å². The van der Waals surface area contributed by atoms with E-state index in [1.807, 2.05) is 27.7 Å². The molecule has 0 bridgehead atoms. The van der Waals surface area contributed by atoms with Crippen LogP contribution >= 0.6 is 0 Å². The lowest BCUT2D eigenvalue weighted by molar-refractivity contribution is 0.0843. The van der Waals surface area contributed by atoms with Gasteiger partial charge in [0.25, 0.3) is 23.3 Å². The topological polar surface area (TPSA) is 122 Å². The molecule has 9 heteroatoms. The molecule has 3 amide bonds. The highest BCUT2D eigenvalue weighted by Gasteiger charge is 2.18. The summed E-state index contributed by atoms with van der Waals surface area (Å²) >= 11 is 0. The number of nitrogens with zero attached hydrogens (tertiary/aromatic N) is 2. The van der Waals surface area contributed by atoms with Gasteiger partial charge in [-0.1, -0.05) is 25.1 Å². The largest absolute Gasteiger partial charge is 0.347 e. The lowest BCUT2D eigenvalue weighted by atomic mass is 10.1. The van der Waals surface area contributed by atoms with E-state index >= 15 is 0 Å². The van der Waals surface area contributed by atoms with Crippen LogP contribution in [0.2, 0.25) is 0 Å². The van der Waals surface area contributed by atoms with Crippen molar-refractivity contribution < 1.29 is 14.4 Å². The van der Waals surface area contributed by atoms with Crippen LogP contribution in [0.5, 0.6) is 0 Å². The van der Waals surface area contributed by atoms with Crippen LogP contribution in [0, 0.1) is 0 Å². The molecular weight excluding hydrogens is 422 g/mol. The molecule has 0 saturated heterocycles. The second-order valence-electron chi connectivity index (χ2n) is 8.61. The smallest absolute Gasteiger partial charge is 0.290 e. The summed E-state index contributed by atoms with van der Waals surface area (Å²) in [6.07, 6.45) is 0.673. The van der Waals surface area contributed by atoms with Gasteiger partial charge >= 0.3 is 0 Å². The molecule has 3 aromatic rings. The standard InChI is InChI=1S/C24H27N5O4/c1-5-14-29-23(33)18-9-7-6-8-17(18)19(28-29)22(32)27-26-21(31)16-12-10-15(11-13-16)20(30)25-24(2,3)4/h6-13H,5,14H2,1-4H3,(H,25,30)(H,26,31)(H,27,32). The fourth-order valence-corrected chi connectivity index (χ4v) is 3.20. The summed E-state index contributed by atoms with van der Waals surface area (Å²) in [7, 11) is 0. The number of aromatic nitrogens is 2. The number of aryl methyl sites for hydroxylation is 1. The minimum atomic E-state index is -0.648. The summed E-state index contributed by atoms with van der Waals surface area (Å²) in [5, 5.41) is 7.82. The third-order valence-electron chi connectivity index (χ3n) is 4.71. The highest BCUT2D eigenvalue weighted by molar-refractivity contribution is 6.06. The molecule has 3 N–H and O–H groups in total. The Morgan fingerprint density at radius 2 is 1.39 bits per heavy atom. The van der Waals surface area contributed by atoms with E-state index in [1.54, 1.807) is 24.3 Å². The summed E-state index contributed by atoms with van der Waals surface area (Å²) in [4.78, 5) is 50.0. The van der Waals surface area contributed by atoms with Crippen LogP contribution in [0.25, 0.3) is 10.8 Å². The summed E-state index contributed by atoms with van der Waals surface area (Å²) in [6.45, 7) is 7.90. The molecule has 0 fully saturated rings. The van der Waals surface area contributed by atoms with Gasteiger partial charge in [0, 0.05) is 28.6 Å². The molecule has 3 rings (SSSR count). The third kappa shape index (κ3) is 5.62. The predicted octanol–water partition coefficient (Wildman–Crippen LogP) is 2.41. The van der Waals surface area contributed by atoms with E-state index in [0.29, 0.717) is 29.3 Å². The molecule has 0 saturated carbocycles. The molecular formula is C24H27N5O4. The monoisotopic (exact) mass is 449 g/mol. The van der Waals surface area contributed by atoms with Crippen molar-refractivity contribution in [2.75, 3.05) is 0 Å². The summed E-state index contributed by atoms with van der Waals surface area (Å²) in [5.74, 6) is -1.45. The maximum atomic E-state index is 12.8. The van der Waals surface area contributed by atoms with Gasteiger partial charge in [0.1, 0.15) is 0 Å². The molecule has 0 radical (unpaired) electrons. The van der Waals surface area contributed by atoms with E-state index in [1.165, 1.54) is 28.9 Å². The molecule has 9 nitrogen and oxygen atoms in total. The van der Waals surface area contributed by atoms with E-state index in [-0.39, 0.29) is 28.3 Å². The van der Waals surface area contributed by atoms with Crippen molar-refractivity contribution in [1.29, 1.82) is 0 Å². The second-order valence-corrected chi connectivity index (χ2v) is 8.61. The van der Waals surface area contributed by atoms with Gasteiger partial charge in [0.05, 0.1) is 5.39 Å². The lowest BCUT2D eigenvalue weighted by Gasteiger charge is -2.20. The highest BCUT2D eigenvalue weighted by Crippen LogP contribution is 2.13. The number of amides is 3. The zero-order chi connectivity index (χ0) is 24.2. The summed E-state index contributed by atoms with van der Waals surface area (Å²) in [6, 6.07) is 12.8. The normalized spacial score (nSPS) is 11.2. The Bertz CT molecular complexity index is 1260. The van der Waals surface area contributed by atoms with Crippen molar-refractivity contribution >= 4 is 28.5 Å². The van der Waals surface area contributed by atoms with Crippen molar-refractivity contribution in [3.05, 3.63) is 75.7 Å². The van der Waals surface area contributed by atoms with Crippen molar-refractivity contribution in [1.82, 2.24) is 25.9 Å². The Labute approximate surface area is 191 Å². The highest BCUT2D eigenvalue weighted by atomic mass is 16.2. The average molecular weight is 450 g/mol. The third-order valence-corrected chi connectivity index (χ3v) is 4.71. The van der Waals surface area contributed by atoms with E-state index < -0.39 is 11.8 Å². The number of hydrogen-bond donors (Lipinski definition) is 3. The van der Waals surface area contributed by atoms with Crippen molar-refractivity contribution in [3.8, 4) is 0 Å². The van der Waals surface area contributed by atoms with Crippen LogP contribution in [0.3, 0.4) is 0 Å². The van der Waals surface area contributed by atoms with E-state index in [0.717, 1.165) is 0 Å². The van der Waals surface area contributed by atoms with Gasteiger partial charge in [-0.2, -0.15) is 5.10 Å². The number of nitrogens with one attached hydrogen (secondary N) is 3. The lowest BCUT2D eigenvalue weighted by Crippen LogP contribution is -2.43. The molecule has 172 valence electrons. The molecule has 0 spiro atoms. The summed E-state index contributed by atoms with van der Waals surface area (Å²) < 4.78 is 1.25. The first-order valence-corrected chi connectivity index (χ1v) is 10.6. The van der Waals surface area contributed by atoms with Crippen molar-refractivity contribution in [2.24, 2.45) is 0 Å². The van der Waals surface area contributed by atoms with E-state index in [4.69, 9.17) is 0 Å². The van der Waals surface area contributed by atoms with Gasteiger partial charge in [0.2, 0.25) is 0 Å². The Morgan fingerprint density at radius 1 is 0.848 bits per heavy atom. The van der Waals surface area contributed by atoms with Crippen LogP contribution in [0.1, 0.15) is 65.3 Å². The molecule has 1 heterocycles. The Balaban J connectivity index is 1.74.